The van der Waals surface area contributed by atoms with E-state index in [1.54, 1.807) is 0 Å². The van der Waals surface area contributed by atoms with E-state index in [4.69, 9.17) is 0 Å². The minimum Gasteiger partial charge on any atom is -0.392 e. The molecule has 0 aromatic heterocycles. The molecule has 2 atom stereocenters. The van der Waals surface area contributed by atoms with Gasteiger partial charge in [-0.3, -0.25) is 9.11 Å². The summed E-state index contributed by atoms with van der Waals surface area (Å²) in [4.78, 5) is 2.34. The van der Waals surface area contributed by atoms with E-state index in [2.05, 4.69) is 10.2 Å². The normalized spacial score (nSPS) is 36.4. The zero-order valence-electron chi connectivity index (χ0n) is 8.32. The first-order valence-electron chi connectivity index (χ1n) is 5.23. The van der Waals surface area contributed by atoms with Gasteiger partial charge in [0.25, 0.3) is 0 Å². The molecule has 0 spiro atoms. The van der Waals surface area contributed by atoms with Gasteiger partial charge in [0.1, 0.15) is 0 Å². The molecule has 0 amide bonds. The molecule has 2 saturated heterocycles. The van der Waals surface area contributed by atoms with E-state index in [1.807, 2.05) is 0 Å². The predicted molar refractivity (Wildman–Crippen MR) is 56.7 cm³/mol. The molecule has 0 bridgehead atoms. The molecular weight excluding hydrogens is 200 g/mol. The molecule has 82 valence electrons. The van der Waals surface area contributed by atoms with Crippen molar-refractivity contribution in [2.24, 2.45) is 0 Å². The van der Waals surface area contributed by atoms with Crippen molar-refractivity contribution in [3.63, 3.8) is 0 Å². The van der Waals surface area contributed by atoms with Gasteiger partial charge in [-0.2, -0.15) is 0 Å². The SMILES string of the molecule is O=S1CCN(CC2CC(O)CN2)CC1. The van der Waals surface area contributed by atoms with Crippen LogP contribution in [0.3, 0.4) is 0 Å². The van der Waals surface area contributed by atoms with Gasteiger partial charge in [0.05, 0.1) is 6.10 Å². The molecule has 2 N–H and O–H groups in total. The number of aliphatic hydroxyl groups excluding tert-OH is 1. The van der Waals surface area contributed by atoms with Crippen molar-refractivity contribution in [1.29, 1.82) is 0 Å². The van der Waals surface area contributed by atoms with Crippen molar-refractivity contribution in [3.8, 4) is 0 Å². The van der Waals surface area contributed by atoms with E-state index in [0.717, 1.165) is 44.1 Å². The largest absolute Gasteiger partial charge is 0.392 e. The molecule has 2 rings (SSSR count). The lowest BCUT2D eigenvalue weighted by Gasteiger charge is -2.28. The quantitative estimate of drug-likeness (QED) is 0.610. The number of nitrogens with one attached hydrogen (secondary N) is 1. The summed E-state index contributed by atoms with van der Waals surface area (Å²) < 4.78 is 11.1. The van der Waals surface area contributed by atoms with Crippen LogP contribution in [0.1, 0.15) is 6.42 Å². The highest BCUT2D eigenvalue weighted by molar-refractivity contribution is 7.85. The number of β-amino-alcohol motifs (C(OH)–C–C–N with tert-alkyl or cyclic N) is 1. The Hall–Kier alpha value is 0.0300. The third-order valence-electron chi connectivity index (χ3n) is 2.95. The minimum atomic E-state index is -0.582. The fraction of sp³-hybridized carbons (Fsp3) is 1.00. The fourth-order valence-corrected chi connectivity index (χ4v) is 3.23. The summed E-state index contributed by atoms with van der Waals surface area (Å²) >= 11 is 0. The monoisotopic (exact) mass is 218 g/mol. The van der Waals surface area contributed by atoms with Crippen LogP contribution in [0.2, 0.25) is 0 Å². The third-order valence-corrected chi connectivity index (χ3v) is 4.22. The van der Waals surface area contributed by atoms with E-state index < -0.39 is 10.8 Å². The second-order valence-electron chi connectivity index (χ2n) is 4.14. The lowest BCUT2D eigenvalue weighted by Crippen LogP contribution is -2.44. The van der Waals surface area contributed by atoms with E-state index in [1.165, 1.54) is 0 Å². The number of aliphatic hydroxyl groups is 1. The van der Waals surface area contributed by atoms with Crippen LogP contribution in [0.5, 0.6) is 0 Å². The van der Waals surface area contributed by atoms with E-state index >= 15 is 0 Å². The summed E-state index contributed by atoms with van der Waals surface area (Å²) in [5.41, 5.74) is 0. The van der Waals surface area contributed by atoms with Crippen molar-refractivity contribution < 1.29 is 9.32 Å². The average Bonchev–Trinajstić information content (AvgIpc) is 2.56. The molecular formula is C9H18N2O2S. The summed E-state index contributed by atoms with van der Waals surface area (Å²) in [6, 6.07) is 0.427. The highest BCUT2D eigenvalue weighted by Crippen LogP contribution is 2.09. The lowest BCUT2D eigenvalue weighted by atomic mass is 10.2. The smallest absolute Gasteiger partial charge is 0.0680 e. The number of nitrogens with zero attached hydrogens (tertiary/aromatic N) is 1. The van der Waals surface area contributed by atoms with E-state index in [0.29, 0.717) is 6.04 Å². The molecule has 2 heterocycles. The van der Waals surface area contributed by atoms with Crippen molar-refractivity contribution in [3.05, 3.63) is 0 Å². The lowest BCUT2D eigenvalue weighted by molar-refractivity contribution is 0.188. The van der Waals surface area contributed by atoms with Gasteiger partial charge < -0.3 is 10.4 Å². The van der Waals surface area contributed by atoms with Gasteiger partial charge >= 0.3 is 0 Å². The maximum Gasteiger partial charge on any atom is 0.0680 e. The molecule has 0 saturated carbocycles. The van der Waals surface area contributed by atoms with Crippen LogP contribution in [0.25, 0.3) is 0 Å². The summed E-state index contributed by atoms with van der Waals surface area (Å²) in [5.74, 6) is 1.63. The van der Waals surface area contributed by atoms with Gasteiger partial charge in [-0.15, -0.1) is 0 Å². The third kappa shape index (κ3) is 2.76. The Labute approximate surface area is 87.1 Å². The van der Waals surface area contributed by atoms with Crippen LogP contribution in [0, 0.1) is 0 Å². The Morgan fingerprint density at radius 1 is 1.43 bits per heavy atom. The van der Waals surface area contributed by atoms with Gasteiger partial charge in [0, 0.05) is 54.5 Å². The van der Waals surface area contributed by atoms with Gasteiger partial charge in [0.15, 0.2) is 0 Å². The maximum atomic E-state index is 11.1. The Morgan fingerprint density at radius 3 is 2.71 bits per heavy atom. The molecule has 0 aromatic carbocycles. The first kappa shape index (κ1) is 10.5. The molecule has 0 radical (unpaired) electrons. The van der Waals surface area contributed by atoms with Gasteiger partial charge in [-0.1, -0.05) is 0 Å². The van der Waals surface area contributed by atoms with Crippen molar-refractivity contribution in [2.75, 3.05) is 37.7 Å². The molecule has 2 unspecified atom stereocenters. The average molecular weight is 218 g/mol. The van der Waals surface area contributed by atoms with Gasteiger partial charge in [0.2, 0.25) is 0 Å². The fourth-order valence-electron chi connectivity index (χ4n) is 2.11. The van der Waals surface area contributed by atoms with Crippen LogP contribution in [0.4, 0.5) is 0 Å². The highest BCUT2D eigenvalue weighted by atomic mass is 32.2. The van der Waals surface area contributed by atoms with Crippen molar-refractivity contribution >= 4 is 10.8 Å². The van der Waals surface area contributed by atoms with Crippen LogP contribution in [0.15, 0.2) is 0 Å². The second kappa shape index (κ2) is 4.70. The molecule has 2 fully saturated rings. The molecule has 0 aliphatic carbocycles. The molecule has 14 heavy (non-hydrogen) atoms. The number of hydrogen-bond donors (Lipinski definition) is 2. The maximum absolute atomic E-state index is 11.1. The zero-order valence-corrected chi connectivity index (χ0v) is 9.13. The summed E-state index contributed by atoms with van der Waals surface area (Å²) in [7, 11) is -0.582. The predicted octanol–water partition coefficient (Wildman–Crippen LogP) is -1.23. The Balaban J connectivity index is 1.72. The Kier molecular flexibility index (Phi) is 3.54. The summed E-state index contributed by atoms with van der Waals surface area (Å²) in [6.07, 6.45) is 0.693. The van der Waals surface area contributed by atoms with Crippen LogP contribution >= 0.6 is 0 Å². The van der Waals surface area contributed by atoms with Gasteiger partial charge in [-0.25, -0.2) is 0 Å². The van der Waals surface area contributed by atoms with E-state index in [-0.39, 0.29) is 6.10 Å². The number of hydrogen-bond acceptors (Lipinski definition) is 4. The highest BCUT2D eigenvalue weighted by Gasteiger charge is 2.25. The first-order chi connectivity index (χ1) is 6.74. The molecule has 2 aliphatic rings. The van der Waals surface area contributed by atoms with Crippen LogP contribution < -0.4 is 5.32 Å². The van der Waals surface area contributed by atoms with Gasteiger partial charge in [-0.05, 0) is 6.42 Å². The molecule has 0 aromatic rings. The van der Waals surface area contributed by atoms with Crippen molar-refractivity contribution in [1.82, 2.24) is 10.2 Å². The zero-order chi connectivity index (χ0) is 9.97. The second-order valence-corrected chi connectivity index (χ2v) is 5.84. The minimum absolute atomic E-state index is 0.168. The topological polar surface area (TPSA) is 52.6 Å². The molecule has 2 aliphatic heterocycles. The Morgan fingerprint density at radius 2 is 2.14 bits per heavy atom. The summed E-state index contributed by atoms with van der Waals surface area (Å²) in [5, 5.41) is 12.6. The summed E-state index contributed by atoms with van der Waals surface area (Å²) in [6.45, 7) is 3.61. The van der Waals surface area contributed by atoms with E-state index in [9.17, 15) is 9.32 Å². The number of rotatable bonds is 2. The van der Waals surface area contributed by atoms with Crippen LogP contribution in [-0.4, -0.2) is 64.0 Å². The standard InChI is InChI=1S/C9H18N2O2S/c12-9-5-8(10-6-9)7-11-1-3-14(13)4-2-11/h8-10,12H,1-7H2. The Bertz CT molecular complexity index is 215. The molecule has 4 nitrogen and oxygen atoms in total. The van der Waals surface area contributed by atoms with Crippen molar-refractivity contribution in [2.45, 2.75) is 18.6 Å². The first-order valence-corrected chi connectivity index (χ1v) is 6.71. The molecule has 5 heteroatoms. The van der Waals surface area contributed by atoms with Crippen LogP contribution in [-0.2, 0) is 10.8 Å².